The Labute approximate surface area is 192 Å². The number of nitriles is 1. The molecule has 8 nitrogen and oxygen atoms in total. The summed E-state index contributed by atoms with van der Waals surface area (Å²) in [6, 6.07) is 7.13. The molecule has 0 aliphatic carbocycles. The molecule has 1 saturated heterocycles. The number of hydrogen-bond donors (Lipinski definition) is 0. The van der Waals surface area contributed by atoms with E-state index in [0.29, 0.717) is 43.7 Å². The Kier molecular flexibility index (Phi) is 6.56. The molecule has 1 aromatic carbocycles. The maximum absolute atomic E-state index is 13.9. The summed E-state index contributed by atoms with van der Waals surface area (Å²) < 4.78 is 20.6. The third-order valence-electron chi connectivity index (χ3n) is 6.27. The summed E-state index contributed by atoms with van der Waals surface area (Å²) in [4.78, 5) is 21.5. The highest BCUT2D eigenvalue weighted by Gasteiger charge is 2.22. The Balaban J connectivity index is 1.33. The van der Waals surface area contributed by atoms with E-state index >= 15 is 0 Å². The molecule has 1 fully saturated rings. The van der Waals surface area contributed by atoms with Crippen molar-refractivity contribution in [2.75, 3.05) is 33.3 Å². The number of ether oxygens (including phenoxy) is 1. The molecule has 2 aromatic heterocycles. The van der Waals surface area contributed by atoms with Gasteiger partial charge < -0.3 is 9.64 Å². The topological polar surface area (TPSA) is 86.8 Å². The third-order valence-corrected chi connectivity index (χ3v) is 6.27. The molecule has 0 atom stereocenters. The molecule has 0 unspecified atom stereocenters. The van der Waals surface area contributed by atoms with Gasteiger partial charge in [-0.1, -0.05) is 6.07 Å². The number of methoxy groups -OCH3 is 1. The molecule has 3 heterocycles. The number of carbonyl (C=O) groups is 1. The largest absolute Gasteiger partial charge is 0.494 e. The lowest BCUT2D eigenvalue weighted by Gasteiger charge is -2.35. The van der Waals surface area contributed by atoms with Gasteiger partial charge in [-0.05, 0) is 43.5 Å². The number of benzene rings is 1. The standard InChI is InChI=1S/C24H27FN6O2/c1-16-20(17(2)31-24(28-16)19(13-26)14-27-31)5-7-23(32)30-10-8-29(9-11-30)15-18-4-6-22(33-3)21(25)12-18/h4,6,12,14H,5,7-11,15H2,1-3H3. The molecule has 172 valence electrons. The van der Waals surface area contributed by atoms with Crippen LogP contribution in [-0.2, 0) is 17.8 Å². The van der Waals surface area contributed by atoms with Crippen LogP contribution in [0.25, 0.3) is 5.65 Å². The maximum atomic E-state index is 13.9. The van der Waals surface area contributed by atoms with Crippen LogP contribution in [0.2, 0.25) is 0 Å². The van der Waals surface area contributed by atoms with E-state index in [1.54, 1.807) is 10.6 Å². The quantitative estimate of drug-likeness (QED) is 0.574. The first-order valence-electron chi connectivity index (χ1n) is 11.0. The SMILES string of the molecule is COc1ccc(CN2CCN(C(=O)CCc3c(C)nc4c(C#N)cnn4c3C)CC2)cc1F. The van der Waals surface area contributed by atoms with Crippen LogP contribution in [0.15, 0.2) is 24.4 Å². The molecule has 0 radical (unpaired) electrons. The number of aromatic nitrogens is 3. The molecule has 0 spiro atoms. The van der Waals surface area contributed by atoms with Gasteiger partial charge in [0.15, 0.2) is 17.2 Å². The first-order chi connectivity index (χ1) is 15.9. The Morgan fingerprint density at radius 3 is 2.67 bits per heavy atom. The molecule has 33 heavy (non-hydrogen) atoms. The van der Waals surface area contributed by atoms with Gasteiger partial charge in [-0.3, -0.25) is 9.69 Å². The molecule has 0 N–H and O–H groups in total. The predicted octanol–water partition coefficient (Wildman–Crippen LogP) is 2.64. The second kappa shape index (κ2) is 9.55. The average Bonchev–Trinajstić information content (AvgIpc) is 3.22. The van der Waals surface area contributed by atoms with Crippen LogP contribution in [0.1, 0.15) is 34.5 Å². The molecule has 9 heteroatoms. The van der Waals surface area contributed by atoms with Gasteiger partial charge in [-0.2, -0.15) is 10.4 Å². The molecular weight excluding hydrogens is 423 g/mol. The molecular formula is C24H27FN6O2. The van der Waals surface area contributed by atoms with E-state index in [0.717, 1.165) is 35.6 Å². The summed E-state index contributed by atoms with van der Waals surface area (Å²) in [6.07, 6.45) is 2.49. The summed E-state index contributed by atoms with van der Waals surface area (Å²) in [5.74, 6) is -0.00435. The van der Waals surface area contributed by atoms with E-state index in [1.165, 1.54) is 19.4 Å². The third kappa shape index (κ3) is 4.66. The normalized spacial score (nSPS) is 14.5. The summed E-state index contributed by atoms with van der Waals surface area (Å²) in [5.41, 5.74) is 4.60. The number of aryl methyl sites for hydroxylation is 2. The number of hydrogen-bond acceptors (Lipinski definition) is 6. The van der Waals surface area contributed by atoms with Gasteiger partial charge in [0.25, 0.3) is 0 Å². The Morgan fingerprint density at radius 1 is 1.24 bits per heavy atom. The highest BCUT2D eigenvalue weighted by molar-refractivity contribution is 5.76. The van der Waals surface area contributed by atoms with E-state index in [4.69, 9.17) is 4.74 Å². The molecule has 1 aliphatic rings. The van der Waals surface area contributed by atoms with E-state index in [2.05, 4.69) is 21.1 Å². The van der Waals surface area contributed by atoms with E-state index in [-0.39, 0.29) is 17.5 Å². The molecule has 1 aliphatic heterocycles. The zero-order valence-corrected chi connectivity index (χ0v) is 19.1. The van der Waals surface area contributed by atoms with Crippen LogP contribution in [0.4, 0.5) is 4.39 Å². The lowest BCUT2D eigenvalue weighted by atomic mass is 10.1. The highest BCUT2D eigenvalue weighted by atomic mass is 19.1. The minimum atomic E-state index is -0.360. The van der Waals surface area contributed by atoms with Gasteiger partial charge in [0.05, 0.1) is 13.3 Å². The maximum Gasteiger partial charge on any atom is 0.222 e. The number of carbonyl (C=O) groups excluding carboxylic acids is 1. The minimum Gasteiger partial charge on any atom is -0.494 e. The second-order valence-corrected chi connectivity index (χ2v) is 8.29. The summed E-state index contributed by atoms with van der Waals surface area (Å²) in [6.45, 7) is 7.28. The molecule has 4 rings (SSSR count). The Bertz CT molecular complexity index is 1220. The van der Waals surface area contributed by atoms with E-state index in [1.807, 2.05) is 24.8 Å². The van der Waals surface area contributed by atoms with E-state index < -0.39 is 0 Å². The van der Waals surface area contributed by atoms with Gasteiger partial charge in [-0.25, -0.2) is 13.9 Å². The van der Waals surface area contributed by atoms with Gasteiger partial charge in [0.1, 0.15) is 11.6 Å². The zero-order chi connectivity index (χ0) is 23.5. The van der Waals surface area contributed by atoms with Crippen molar-refractivity contribution in [3.05, 3.63) is 58.3 Å². The number of amides is 1. The Hall–Kier alpha value is -3.51. The first-order valence-corrected chi connectivity index (χ1v) is 11.0. The smallest absolute Gasteiger partial charge is 0.222 e. The average molecular weight is 451 g/mol. The van der Waals surface area contributed by atoms with Crippen LogP contribution in [0.3, 0.4) is 0 Å². The van der Waals surface area contributed by atoms with Crippen molar-refractivity contribution in [2.45, 2.75) is 33.2 Å². The van der Waals surface area contributed by atoms with Crippen molar-refractivity contribution in [3.8, 4) is 11.8 Å². The van der Waals surface area contributed by atoms with Gasteiger partial charge in [0, 0.05) is 50.5 Å². The highest BCUT2D eigenvalue weighted by Crippen LogP contribution is 2.21. The number of fused-ring (bicyclic) bond motifs is 1. The van der Waals surface area contributed by atoms with Crippen molar-refractivity contribution in [1.29, 1.82) is 5.26 Å². The fraction of sp³-hybridized carbons (Fsp3) is 0.417. The molecule has 1 amide bonds. The summed E-state index contributed by atoms with van der Waals surface area (Å²) in [7, 11) is 1.45. The monoisotopic (exact) mass is 450 g/mol. The number of piperazine rings is 1. The van der Waals surface area contributed by atoms with Crippen LogP contribution in [-0.4, -0.2) is 63.6 Å². The zero-order valence-electron chi connectivity index (χ0n) is 19.1. The van der Waals surface area contributed by atoms with Crippen molar-refractivity contribution >= 4 is 11.6 Å². The van der Waals surface area contributed by atoms with Crippen LogP contribution in [0, 0.1) is 31.0 Å². The van der Waals surface area contributed by atoms with Crippen molar-refractivity contribution in [3.63, 3.8) is 0 Å². The minimum absolute atomic E-state index is 0.113. The Morgan fingerprint density at radius 2 is 2.00 bits per heavy atom. The fourth-order valence-corrected chi connectivity index (χ4v) is 4.36. The van der Waals surface area contributed by atoms with Crippen LogP contribution >= 0.6 is 0 Å². The second-order valence-electron chi connectivity index (χ2n) is 8.29. The van der Waals surface area contributed by atoms with Gasteiger partial charge in [0.2, 0.25) is 5.91 Å². The van der Waals surface area contributed by atoms with Crippen LogP contribution < -0.4 is 4.74 Å². The van der Waals surface area contributed by atoms with Crippen molar-refractivity contribution in [1.82, 2.24) is 24.4 Å². The van der Waals surface area contributed by atoms with Crippen LogP contribution in [0.5, 0.6) is 5.75 Å². The number of rotatable bonds is 6. The number of halogens is 1. The molecule has 0 saturated carbocycles. The summed E-state index contributed by atoms with van der Waals surface area (Å²) >= 11 is 0. The van der Waals surface area contributed by atoms with E-state index in [9.17, 15) is 14.4 Å². The van der Waals surface area contributed by atoms with Crippen molar-refractivity contribution in [2.24, 2.45) is 0 Å². The first kappa shape index (κ1) is 22.7. The van der Waals surface area contributed by atoms with Gasteiger partial charge in [-0.15, -0.1) is 0 Å². The lowest BCUT2D eigenvalue weighted by molar-refractivity contribution is -0.133. The molecule has 3 aromatic rings. The predicted molar refractivity (Wildman–Crippen MR) is 120 cm³/mol. The fourth-order valence-electron chi connectivity index (χ4n) is 4.36. The van der Waals surface area contributed by atoms with Gasteiger partial charge >= 0.3 is 0 Å². The number of nitrogens with zero attached hydrogens (tertiary/aromatic N) is 6. The molecule has 0 bridgehead atoms. The van der Waals surface area contributed by atoms with Crippen molar-refractivity contribution < 1.29 is 13.9 Å². The summed E-state index contributed by atoms with van der Waals surface area (Å²) in [5, 5.41) is 13.5. The lowest BCUT2D eigenvalue weighted by Crippen LogP contribution is -2.48.